The predicted molar refractivity (Wildman–Crippen MR) is 61.1 cm³/mol. The van der Waals surface area contributed by atoms with Crippen molar-refractivity contribution in [2.24, 2.45) is 5.92 Å². The largest absolute Gasteiger partial charge is 0.476 e. The zero-order chi connectivity index (χ0) is 11.5. The molecule has 1 aromatic heterocycles. The molecule has 0 radical (unpaired) electrons. The van der Waals surface area contributed by atoms with E-state index in [1.807, 2.05) is 0 Å². The van der Waals surface area contributed by atoms with E-state index in [1.54, 1.807) is 12.4 Å². The van der Waals surface area contributed by atoms with Gasteiger partial charge in [0.15, 0.2) is 0 Å². The van der Waals surface area contributed by atoms with E-state index in [4.69, 9.17) is 4.74 Å². The van der Waals surface area contributed by atoms with E-state index < -0.39 is 0 Å². The molecule has 0 bridgehead atoms. The van der Waals surface area contributed by atoms with E-state index in [2.05, 4.69) is 44.6 Å². The number of rotatable bonds is 3. The fourth-order valence-electron chi connectivity index (χ4n) is 1.03. The van der Waals surface area contributed by atoms with Crippen LogP contribution in [0.4, 0.5) is 0 Å². The van der Waals surface area contributed by atoms with Crippen LogP contribution in [-0.4, -0.2) is 16.6 Å². The fraction of sp³-hybridized carbons (Fsp3) is 0.667. The Bertz CT molecular complexity index is 298. The molecule has 0 aromatic carbocycles. The zero-order valence-electron chi connectivity index (χ0n) is 10.2. The summed E-state index contributed by atoms with van der Waals surface area (Å²) >= 11 is 0. The summed E-state index contributed by atoms with van der Waals surface area (Å²) < 4.78 is 5.46. The molecule has 0 saturated heterocycles. The van der Waals surface area contributed by atoms with Crippen LogP contribution in [0.25, 0.3) is 0 Å². The Morgan fingerprint density at radius 3 is 2.27 bits per heavy atom. The highest BCUT2D eigenvalue weighted by Crippen LogP contribution is 2.19. The second kappa shape index (κ2) is 4.60. The Hall–Kier alpha value is -1.12. The highest BCUT2D eigenvalue weighted by molar-refractivity contribution is 5.13. The average molecular weight is 208 g/mol. The lowest BCUT2D eigenvalue weighted by atomic mass is 9.93. The van der Waals surface area contributed by atoms with Gasteiger partial charge in [-0.05, 0) is 5.92 Å². The lowest BCUT2D eigenvalue weighted by Gasteiger charge is -2.17. The minimum absolute atomic E-state index is 0.0452. The molecule has 0 unspecified atom stereocenters. The summed E-state index contributed by atoms with van der Waals surface area (Å²) in [6, 6.07) is 0. The molecular formula is C12H20N2O. The lowest BCUT2D eigenvalue weighted by Crippen LogP contribution is -2.14. The Kier molecular flexibility index (Phi) is 3.66. The Morgan fingerprint density at radius 1 is 1.20 bits per heavy atom. The van der Waals surface area contributed by atoms with Crippen molar-refractivity contribution < 1.29 is 4.74 Å². The van der Waals surface area contributed by atoms with Gasteiger partial charge < -0.3 is 4.74 Å². The molecule has 0 N–H and O–H groups in total. The molecule has 1 aromatic rings. The van der Waals surface area contributed by atoms with Crippen molar-refractivity contribution in [3.8, 4) is 5.88 Å². The first-order chi connectivity index (χ1) is 6.89. The molecule has 84 valence electrons. The van der Waals surface area contributed by atoms with Crippen molar-refractivity contribution >= 4 is 0 Å². The van der Waals surface area contributed by atoms with E-state index in [0.717, 1.165) is 5.69 Å². The van der Waals surface area contributed by atoms with Crippen LogP contribution in [0.15, 0.2) is 12.4 Å². The number of aromatic nitrogens is 2. The molecule has 3 nitrogen and oxygen atoms in total. The third-order valence-corrected chi connectivity index (χ3v) is 1.96. The second-order valence-corrected chi connectivity index (χ2v) is 5.19. The molecule has 0 aliphatic heterocycles. The molecule has 1 heterocycles. The number of hydrogen-bond donors (Lipinski definition) is 0. The zero-order valence-corrected chi connectivity index (χ0v) is 10.2. The average Bonchev–Trinajstić information content (AvgIpc) is 2.14. The van der Waals surface area contributed by atoms with Gasteiger partial charge in [0, 0.05) is 5.41 Å². The SMILES string of the molecule is CC(C)COc1cnc(C(C)(C)C)cn1. The third-order valence-electron chi connectivity index (χ3n) is 1.96. The normalized spacial score (nSPS) is 11.9. The third kappa shape index (κ3) is 3.86. The van der Waals surface area contributed by atoms with Crippen LogP contribution in [0.5, 0.6) is 5.88 Å². The molecular weight excluding hydrogens is 188 g/mol. The maximum Gasteiger partial charge on any atom is 0.232 e. The van der Waals surface area contributed by atoms with Crippen molar-refractivity contribution in [2.75, 3.05) is 6.61 Å². The quantitative estimate of drug-likeness (QED) is 0.766. The molecule has 3 heteroatoms. The fourth-order valence-corrected chi connectivity index (χ4v) is 1.03. The van der Waals surface area contributed by atoms with Gasteiger partial charge in [0.1, 0.15) is 0 Å². The van der Waals surface area contributed by atoms with E-state index in [1.165, 1.54) is 0 Å². The summed E-state index contributed by atoms with van der Waals surface area (Å²) in [6.45, 7) is 11.3. The maximum atomic E-state index is 5.46. The summed E-state index contributed by atoms with van der Waals surface area (Å²) in [4.78, 5) is 8.57. The summed E-state index contributed by atoms with van der Waals surface area (Å²) in [5.41, 5.74) is 1.03. The van der Waals surface area contributed by atoms with Crippen LogP contribution in [0.1, 0.15) is 40.3 Å². The van der Waals surface area contributed by atoms with Crippen LogP contribution in [0.3, 0.4) is 0 Å². The standard InChI is InChI=1S/C12H20N2O/c1-9(2)8-15-11-7-13-10(6-14-11)12(3,4)5/h6-7,9H,8H2,1-5H3. The van der Waals surface area contributed by atoms with Crippen molar-refractivity contribution in [1.29, 1.82) is 0 Å². The van der Waals surface area contributed by atoms with Gasteiger partial charge in [0.25, 0.3) is 0 Å². The minimum Gasteiger partial charge on any atom is -0.476 e. The smallest absolute Gasteiger partial charge is 0.232 e. The van der Waals surface area contributed by atoms with Crippen molar-refractivity contribution in [2.45, 2.75) is 40.0 Å². The van der Waals surface area contributed by atoms with Crippen molar-refractivity contribution in [3.63, 3.8) is 0 Å². The van der Waals surface area contributed by atoms with Crippen molar-refractivity contribution in [3.05, 3.63) is 18.1 Å². The van der Waals surface area contributed by atoms with Crippen LogP contribution in [0.2, 0.25) is 0 Å². The molecule has 0 amide bonds. The summed E-state index contributed by atoms with van der Waals surface area (Å²) in [7, 11) is 0. The van der Waals surface area contributed by atoms with Gasteiger partial charge >= 0.3 is 0 Å². The Morgan fingerprint density at radius 2 is 1.87 bits per heavy atom. The first-order valence-electron chi connectivity index (χ1n) is 5.35. The van der Waals surface area contributed by atoms with Gasteiger partial charge in [-0.2, -0.15) is 0 Å². The van der Waals surface area contributed by atoms with Gasteiger partial charge in [-0.3, -0.25) is 4.98 Å². The first-order valence-corrected chi connectivity index (χ1v) is 5.35. The Labute approximate surface area is 91.9 Å². The molecule has 15 heavy (non-hydrogen) atoms. The van der Waals surface area contributed by atoms with E-state index >= 15 is 0 Å². The number of nitrogens with zero attached hydrogens (tertiary/aromatic N) is 2. The molecule has 0 aliphatic rings. The summed E-state index contributed by atoms with van der Waals surface area (Å²) in [6.07, 6.45) is 3.48. The van der Waals surface area contributed by atoms with Crippen LogP contribution >= 0.6 is 0 Å². The molecule has 0 fully saturated rings. The Balaban J connectivity index is 2.65. The van der Waals surface area contributed by atoms with Gasteiger partial charge in [0.05, 0.1) is 24.7 Å². The van der Waals surface area contributed by atoms with Crippen LogP contribution < -0.4 is 4.74 Å². The topological polar surface area (TPSA) is 35.0 Å². The molecule has 0 aliphatic carbocycles. The molecule has 0 atom stereocenters. The summed E-state index contributed by atoms with van der Waals surface area (Å²) in [5, 5.41) is 0. The molecule has 0 spiro atoms. The number of ether oxygens (including phenoxy) is 1. The molecule has 0 saturated carbocycles. The van der Waals surface area contributed by atoms with E-state index in [0.29, 0.717) is 18.4 Å². The minimum atomic E-state index is 0.0452. The van der Waals surface area contributed by atoms with Gasteiger partial charge in [0.2, 0.25) is 5.88 Å². The molecule has 1 rings (SSSR count). The van der Waals surface area contributed by atoms with Crippen LogP contribution in [-0.2, 0) is 5.41 Å². The van der Waals surface area contributed by atoms with Gasteiger partial charge in [-0.1, -0.05) is 34.6 Å². The van der Waals surface area contributed by atoms with Gasteiger partial charge in [-0.15, -0.1) is 0 Å². The predicted octanol–water partition coefficient (Wildman–Crippen LogP) is 2.81. The summed E-state index contributed by atoms with van der Waals surface area (Å²) in [5.74, 6) is 1.12. The maximum absolute atomic E-state index is 5.46. The number of hydrogen-bond acceptors (Lipinski definition) is 3. The van der Waals surface area contributed by atoms with Crippen LogP contribution in [0, 0.1) is 5.92 Å². The van der Waals surface area contributed by atoms with E-state index in [-0.39, 0.29) is 5.41 Å². The van der Waals surface area contributed by atoms with Crippen molar-refractivity contribution in [1.82, 2.24) is 9.97 Å². The second-order valence-electron chi connectivity index (χ2n) is 5.19. The lowest BCUT2D eigenvalue weighted by molar-refractivity contribution is 0.259. The van der Waals surface area contributed by atoms with Gasteiger partial charge in [-0.25, -0.2) is 4.98 Å². The monoisotopic (exact) mass is 208 g/mol. The highest BCUT2D eigenvalue weighted by Gasteiger charge is 2.15. The van der Waals surface area contributed by atoms with E-state index in [9.17, 15) is 0 Å². The first kappa shape index (κ1) is 12.0. The highest BCUT2D eigenvalue weighted by atomic mass is 16.5.